The van der Waals surface area contributed by atoms with E-state index >= 15 is 0 Å². The number of rotatable bonds is 4. The van der Waals surface area contributed by atoms with Crippen LogP contribution in [0.4, 0.5) is 11.4 Å². The average molecular weight is 431 g/mol. The Labute approximate surface area is 161 Å². The molecule has 0 fully saturated rings. The third-order valence-corrected chi connectivity index (χ3v) is 4.39. The Morgan fingerprint density at radius 2 is 1.59 bits per heavy atom. The summed E-state index contributed by atoms with van der Waals surface area (Å²) >= 11 is 3.37. The van der Waals surface area contributed by atoms with Crippen molar-refractivity contribution in [1.82, 2.24) is 9.55 Å². The fourth-order valence-electron chi connectivity index (χ4n) is 2.74. The number of nitro benzene ring substituents is 2. The molecule has 0 aliphatic heterocycles. The highest BCUT2D eigenvalue weighted by molar-refractivity contribution is 9.09. The predicted octanol–water partition coefficient (Wildman–Crippen LogP) is 5.02. The lowest BCUT2D eigenvalue weighted by Crippen LogP contribution is -1.96. The van der Waals surface area contributed by atoms with Crippen LogP contribution in [0.25, 0.3) is 21.8 Å². The van der Waals surface area contributed by atoms with Crippen LogP contribution in [-0.2, 0) is 6.54 Å². The van der Waals surface area contributed by atoms with Gasteiger partial charge >= 0.3 is 0 Å². The third kappa shape index (κ3) is 4.14. The van der Waals surface area contributed by atoms with Crippen LogP contribution < -0.4 is 0 Å². The Kier molecular flexibility index (Phi) is 5.51. The fraction of sp³-hybridized carbons (Fsp3) is 0.111. The van der Waals surface area contributed by atoms with E-state index in [2.05, 4.69) is 25.5 Å². The molecule has 0 spiro atoms. The Bertz CT molecular complexity index is 1120. The van der Waals surface area contributed by atoms with Crippen LogP contribution in [0.15, 0.2) is 60.9 Å². The SMILES string of the molecule is O=[N+]([O-])c1ccc2[nH]ccc2c1.O=[N+]([O-])c1ccc2c(ccn2CCBr)c1. The lowest BCUT2D eigenvalue weighted by Gasteiger charge is -2.01. The molecule has 27 heavy (non-hydrogen) atoms. The fourth-order valence-corrected chi connectivity index (χ4v) is 3.12. The summed E-state index contributed by atoms with van der Waals surface area (Å²) in [7, 11) is 0. The summed E-state index contributed by atoms with van der Waals surface area (Å²) in [5, 5.41) is 23.6. The highest BCUT2D eigenvalue weighted by Gasteiger charge is 2.08. The Morgan fingerprint density at radius 1 is 0.926 bits per heavy atom. The number of nitro groups is 2. The van der Waals surface area contributed by atoms with Gasteiger partial charge in [0.25, 0.3) is 11.4 Å². The van der Waals surface area contributed by atoms with E-state index in [9.17, 15) is 20.2 Å². The van der Waals surface area contributed by atoms with Crippen LogP contribution in [0.2, 0.25) is 0 Å². The normalized spacial score (nSPS) is 10.6. The topological polar surface area (TPSA) is 107 Å². The van der Waals surface area contributed by atoms with Gasteiger partial charge in [-0.1, -0.05) is 15.9 Å². The highest BCUT2D eigenvalue weighted by Crippen LogP contribution is 2.22. The van der Waals surface area contributed by atoms with Crippen molar-refractivity contribution in [2.45, 2.75) is 6.54 Å². The first kappa shape index (κ1) is 18.6. The smallest absolute Gasteiger partial charge is 0.270 e. The molecule has 0 saturated heterocycles. The number of fused-ring (bicyclic) bond motifs is 2. The molecule has 0 amide bonds. The van der Waals surface area contributed by atoms with Gasteiger partial charge in [-0.3, -0.25) is 20.2 Å². The molecule has 9 heteroatoms. The minimum Gasteiger partial charge on any atom is -0.361 e. The minimum absolute atomic E-state index is 0.127. The van der Waals surface area contributed by atoms with E-state index in [1.165, 1.54) is 12.1 Å². The Balaban J connectivity index is 0.000000159. The second kappa shape index (κ2) is 8.00. The maximum Gasteiger partial charge on any atom is 0.270 e. The monoisotopic (exact) mass is 430 g/mol. The summed E-state index contributed by atoms with van der Waals surface area (Å²) < 4.78 is 2.06. The van der Waals surface area contributed by atoms with E-state index in [-0.39, 0.29) is 16.3 Å². The van der Waals surface area contributed by atoms with Gasteiger partial charge in [-0.05, 0) is 24.3 Å². The molecule has 0 bridgehead atoms. The molecular formula is C18H15BrN4O4. The summed E-state index contributed by atoms with van der Waals surface area (Å²) in [6.07, 6.45) is 3.70. The van der Waals surface area contributed by atoms with Crippen molar-refractivity contribution in [2.75, 3.05) is 5.33 Å². The van der Waals surface area contributed by atoms with Crippen molar-refractivity contribution in [3.05, 3.63) is 81.2 Å². The van der Waals surface area contributed by atoms with Gasteiger partial charge in [0.05, 0.1) is 9.85 Å². The summed E-state index contributed by atoms with van der Waals surface area (Å²) in [5.41, 5.74) is 2.21. The van der Waals surface area contributed by atoms with Gasteiger partial charge in [-0.2, -0.15) is 0 Å². The highest BCUT2D eigenvalue weighted by atomic mass is 79.9. The van der Waals surface area contributed by atoms with Gasteiger partial charge in [0.15, 0.2) is 0 Å². The standard InChI is InChI=1S/C10H9BrN2O2.C8H6N2O2/c11-4-6-12-5-3-8-7-9(13(14)15)1-2-10(8)12;11-10(12)7-1-2-8-6(5-7)3-4-9-8/h1-3,5,7H,4,6H2;1-5,9H. The first-order valence-electron chi connectivity index (χ1n) is 8.00. The summed E-state index contributed by atoms with van der Waals surface area (Å²) in [6.45, 7) is 0.862. The van der Waals surface area contributed by atoms with Crippen LogP contribution in [0.1, 0.15) is 0 Å². The molecule has 0 atom stereocenters. The van der Waals surface area contributed by atoms with Crippen molar-refractivity contribution in [3.63, 3.8) is 0 Å². The Morgan fingerprint density at radius 3 is 2.26 bits per heavy atom. The van der Waals surface area contributed by atoms with Crippen molar-refractivity contribution >= 4 is 49.1 Å². The van der Waals surface area contributed by atoms with E-state index in [4.69, 9.17) is 0 Å². The zero-order valence-electron chi connectivity index (χ0n) is 14.0. The number of benzene rings is 2. The molecule has 0 aliphatic carbocycles. The van der Waals surface area contributed by atoms with Crippen LogP contribution in [-0.4, -0.2) is 24.7 Å². The molecule has 8 nitrogen and oxygen atoms in total. The minimum atomic E-state index is -0.396. The van der Waals surface area contributed by atoms with E-state index in [0.717, 1.165) is 33.7 Å². The van der Waals surface area contributed by atoms with E-state index in [1.807, 2.05) is 18.3 Å². The van der Waals surface area contributed by atoms with Gasteiger partial charge in [0.2, 0.25) is 0 Å². The van der Waals surface area contributed by atoms with Crippen LogP contribution in [0.3, 0.4) is 0 Å². The summed E-state index contributed by atoms with van der Waals surface area (Å²) in [6, 6.07) is 13.4. The first-order chi connectivity index (χ1) is 13.0. The second-order valence-corrected chi connectivity index (χ2v) is 6.50. The molecule has 2 aromatic carbocycles. The number of H-pyrrole nitrogens is 1. The zero-order chi connectivity index (χ0) is 19.4. The lowest BCUT2D eigenvalue weighted by atomic mass is 10.2. The maximum absolute atomic E-state index is 10.6. The number of alkyl halides is 1. The molecule has 0 radical (unpaired) electrons. The number of hydrogen-bond acceptors (Lipinski definition) is 4. The molecular weight excluding hydrogens is 416 g/mol. The number of non-ortho nitro benzene ring substituents is 2. The number of hydrogen-bond donors (Lipinski definition) is 1. The predicted molar refractivity (Wildman–Crippen MR) is 107 cm³/mol. The first-order valence-corrected chi connectivity index (χ1v) is 9.12. The molecule has 1 N–H and O–H groups in total. The quantitative estimate of drug-likeness (QED) is 0.278. The molecule has 0 saturated carbocycles. The van der Waals surface area contributed by atoms with Crippen molar-refractivity contribution in [1.29, 1.82) is 0 Å². The molecule has 2 aromatic heterocycles. The number of nitrogens with one attached hydrogen (secondary N) is 1. The zero-order valence-corrected chi connectivity index (χ0v) is 15.6. The molecule has 0 unspecified atom stereocenters. The number of nitrogens with zero attached hydrogens (tertiary/aromatic N) is 3. The average Bonchev–Trinajstić information content (AvgIpc) is 3.28. The molecule has 2 heterocycles. The van der Waals surface area contributed by atoms with Gasteiger partial charge in [-0.15, -0.1) is 0 Å². The number of aromatic amines is 1. The molecule has 0 aliphatic rings. The molecule has 4 rings (SSSR count). The van der Waals surface area contributed by atoms with Crippen molar-refractivity contribution in [3.8, 4) is 0 Å². The second-order valence-electron chi connectivity index (χ2n) is 5.70. The van der Waals surface area contributed by atoms with Crippen LogP contribution in [0, 0.1) is 20.2 Å². The van der Waals surface area contributed by atoms with Crippen molar-refractivity contribution in [2.24, 2.45) is 0 Å². The van der Waals surface area contributed by atoms with E-state index in [1.54, 1.807) is 30.5 Å². The van der Waals surface area contributed by atoms with Gasteiger partial charge < -0.3 is 9.55 Å². The molecule has 4 aromatic rings. The van der Waals surface area contributed by atoms with Crippen LogP contribution >= 0.6 is 15.9 Å². The maximum atomic E-state index is 10.6. The van der Waals surface area contributed by atoms with Gasteiger partial charge in [-0.25, -0.2) is 0 Å². The number of aromatic nitrogens is 2. The van der Waals surface area contributed by atoms with Gasteiger partial charge in [0, 0.05) is 70.3 Å². The third-order valence-electron chi connectivity index (χ3n) is 4.04. The van der Waals surface area contributed by atoms with Crippen LogP contribution in [0.5, 0.6) is 0 Å². The lowest BCUT2D eigenvalue weighted by molar-refractivity contribution is -0.384. The Hall–Kier alpha value is -3.20. The van der Waals surface area contributed by atoms with Gasteiger partial charge in [0.1, 0.15) is 0 Å². The largest absolute Gasteiger partial charge is 0.361 e. The van der Waals surface area contributed by atoms with Crippen molar-refractivity contribution < 1.29 is 9.85 Å². The summed E-state index contributed by atoms with van der Waals surface area (Å²) in [5.74, 6) is 0. The summed E-state index contributed by atoms with van der Waals surface area (Å²) in [4.78, 5) is 23.1. The molecule has 138 valence electrons. The number of aryl methyl sites for hydroxylation is 1. The van der Waals surface area contributed by atoms with E-state index in [0.29, 0.717) is 0 Å². The number of halogens is 1. The van der Waals surface area contributed by atoms with E-state index < -0.39 is 4.92 Å².